The first kappa shape index (κ1) is 44.1. The Labute approximate surface area is 440 Å². The van der Waals surface area contributed by atoms with Gasteiger partial charge >= 0.3 is 0 Å². The second-order valence-electron chi connectivity index (χ2n) is 23.6. The third-order valence-corrected chi connectivity index (χ3v) is 19.3. The van der Waals surface area contributed by atoms with Gasteiger partial charge in [-0.3, -0.25) is 0 Å². The van der Waals surface area contributed by atoms with E-state index in [1.165, 1.54) is 119 Å². The predicted octanol–water partition coefficient (Wildman–Crippen LogP) is 18.4. The number of fused-ring (bicyclic) bond motifs is 13. The maximum atomic E-state index is 7.07. The van der Waals surface area contributed by atoms with E-state index in [2.05, 4.69) is 228 Å². The van der Waals surface area contributed by atoms with Crippen molar-refractivity contribution in [3.63, 3.8) is 0 Å². The molecule has 3 nitrogen and oxygen atoms in total. The minimum atomic E-state index is 0.0595. The lowest BCUT2D eigenvalue weighted by molar-refractivity contribution is 0.332. The molecule has 4 aromatic heterocycles. The fourth-order valence-corrected chi connectivity index (χ4v) is 15.1. The Kier molecular flexibility index (Phi) is 9.29. The van der Waals surface area contributed by atoms with Crippen LogP contribution >= 0.6 is 22.7 Å². The van der Waals surface area contributed by atoms with Crippen LogP contribution in [0, 0.1) is 0 Å². The molecule has 1 aliphatic heterocycles. The lowest BCUT2D eigenvalue weighted by Crippen LogP contribution is -2.37. The summed E-state index contributed by atoms with van der Waals surface area (Å²) in [7, 11) is 0.768. The van der Waals surface area contributed by atoms with Crippen LogP contribution in [-0.4, -0.2) is 11.8 Å². The average Bonchev–Trinajstić information content (AvgIpc) is 4.16. The number of thiophene rings is 2. The van der Waals surface area contributed by atoms with Gasteiger partial charge in [-0.25, -0.2) is 0 Å². The van der Waals surface area contributed by atoms with Gasteiger partial charge in [0.25, 0.3) is 0 Å². The number of anilines is 2. The maximum Gasteiger partial charge on any atom is 0.198 e. The van der Waals surface area contributed by atoms with E-state index in [0.717, 1.165) is 52.1 Å². The first-order valence-corrected chi connectivity index (χ1v) is 27.9. The van der Waals surface area contributed by atoms with Crippen molar-refractivity contribution >= 4 is 125 Å². The molecule has 0 saturated carbocycles. The van der Waals surface area contributed by atoms with Crippen molar-refractivity contribution in [1.29, 1.82) is 0 Å². The molecule has 74 heavy (non-hydrogen) atoms. The molecule has 15 rings (SSSR count). The van der Waals surface area contributed by atoms with Gasteiger partial charge in [0.15, 0.2) is 7.28 Å². The molecule has 9 aromatic carbocycles. The number of furan rings is 1. The van der Waals surface area contributed by atoms with Crippen LogP contribution in [0.25, 0.3) is 112 Å². The van der Waals surface area contributed by atoms with Crippen LogP contribution in [0.15, 0.2) is 174 Å². The van der Waals surface area contributed by atoms with Gasteiger partial charge in [0.1, 0.15) is 11.5 Å². The van der Waals surface area contributed by atoms with Gasteiger partial charge in [-0.15, -0.1) is 22.7 Å². The summed E-state index contributed by atoms with van der Waals surface area (Å²) in [6.07, 6.45) is 2.38. The molecule has 0 atom stereocenters. The normalized spacial score (nSPS) is 14.9. The highest BCUT2D eigenvalue weighted by molar-refractivity contribution is 7.26. The van der Waals surface area contributed by atoms with E-state index in [1.54, 1.807) is 0 Å². The zero-order chi connectivity index (χ0) is 50.0. The summed E-state index contributed by atoms with van der Waals surface area (Å²) in [6.45, 7) is 16.6. The smallest absolute Gasteiger partial charge is 0.198 e. The standard InChI is InChI=1S/C68H55BN2OS2/c1-66(2,3)40-22-24-41(25-23-40)70-55-36-60-48(49-32-52-53(35-59(49)74-60)68(6,7)29-28-67(52,4)5)30-45(55)43-26-27-44-46-31-47-42-20-14-15-21-58(42)73-61(47)37-56(46)71-57-34-51-50(33-54(57)69-62(43)63(44)71)64(38-16-10-8-11-17-38)72-65(51)39-18-12-9-13-19-39/h8-27,30-37,69-70H,28-29H2,1-7H3. The second kappa shape index (κ2) is 15.6. The van der Waals surface area contributed by atoms with E-state index in [-0.39, 0.29) is 16.2 Å². The van der Waals surface area contributed by atoms with Crippen molar-refractivity contribution in [2.45, 2.75) is 77.6 Å². The maximum absolute atomic E-state index is 7.07. The fourth-order valence-electron chi connectivity index (χ4n) is 12.9. The molecule has 0 radical (unpaired) electrons. The molecule has 0 fully saturated rings. The predicted molar refractivity (Wildman–Crippen MR) is 323 cm³/mol. The van der Waals surface area contributed by atoms with Gasteiger partial charge in [-0.2, -0.15) is 0 Å². The van der Waals surface area contributed by atoms with Gasteiger partial charge in [0, 0.05) is 101 Å². The lowest BCUT2D eigenvalue weighted by Gasteiger charge is -2.41. The van der Waals surface area contributed by atoms with Gasteiger partial charge in [0.05, 0.1) is 5.52 Å². The molecule has 0 saturated heterocycles. The molecule has 2 aliphatic rings. The largest absolute Gasteiger partial charge is 0.455 e. The first-order valence-electron chi connectivity index (χ1n) is 26.3. The van der Waals surface area contributed by atoms with E-state index in [9.17, 15) is 0 Å². The number of nitrogens with zero attached hydrogens (tertiary/aromatic N) is 1. The van der Waals surface area contributed by atoms with E-state index < -0.39 is 0 Å². The Bertz CT molecular complexity index is 4500. The molecule has 13 aromatic rings. The summed E-state index contributed by atoms with van der Waals surface area (Å²) >= 11 is 3.83. The Balaban J connectivity index is 1.03. The zero-order valence-electron chi connectivity index (χ0n) is 43.0. The minimum absolute atomic E-state index is 0.0595. The van der Waals surface area contributed by atoms with Gasteiger partial charge < -0.3 is 14.3 Å². The SMILES string of the molecule is CC(C)(C)c1ccc(Nc2cc3sc4cc5c(cc4c3cc2-c2ccc3c4cc6c(cc4n4c3c2Bc2cc3c(-c7ccccc7)oc(-c7ccccc7)c3cc2-4)sc2ccccc26)C(C)(C)CCC5(C)C)cc1. The van der Waals surface area contributed by atoms with Crippen LogP contribution in [0.4, 0.5) is 11.4 Å². The van der Waals surface area contributed by atoms with Crippen molar-refractivity contribution in [2.24, 2.45) is 0 Å². The molecular weight excluding hydrogens is 936 g/mol. The molecule has 0 bridgehead atoms. The van der Waals surface area contributed by atoms with Crippen LogP contribution in [0.2, 0.25) is 0 Å². The van der Waals surface area contributed by atoms with Crippen LogP contribution < -0.4 is 16.2 Å². The number of benzene rings is 9. The van der Waals surface area contributed by atoms with E-state index >= 15 is 0 Å². The summed E-state index contributed by atoms with van der Waals surface area (Å²) in [5.41, 5.74) is 17.9. The lowest BCUT2D eigenvalue weighted by atomic mass is 9.58. The Morgan fingerprint density at radius 1 is 0.514 bits per heavy atom. The Morgan fingerprint density at radius 2 is 1.12 bits per heavy atom. The third kappa shape index (κ3) is 6.56. The highest BCUT2D eigenvalue weighted by atomic mass is 32.1. The van der Waals surface area contributed by atoms with Crippen molar-refractivity contribution in [3.8, 4) is 39.5 Å². The number of hydrogen-bond donors (Lipinski definition) is 1. The number of rotatable bonds is 5. The van der Waals surface area contributed by atoms with E-state index in [1.807, 2.05) is 22.7 Å². The van der Waals surface area contributed by atoms with Gasteiger partial charge in [-0.05, 0) is 117 Å². The average molecular weight is 991 g/mol. The fraction of sp³-hybridized carbons (Fsp3) is 0.176. The van der Waals surface area contributed by atoms with Crippen LogP contribution in [0.1, 0.15) is 78.0 Å². The molecule has 1 N–H and O–H groups in total. The number of hydrogen-bond acceptors (Lipinski definition) is 4. The van der Waals surface area contributed by atoms with Gasteiger partial charge in [-0.1, -0.05) is 163 Å². The monoisotopic (exact) mass is 990 g/mol. The summed E-state index contributed by atoms with van der Waals surface area (Å²) in [4.78, 5) is 0. The summed E-state index contributed by atoms with van der Waals surface area (Å²) in [5.74, 6) is 1.81. The molecule has 5 heterocycles. The van der Waals surface area contributed by atoms with Crippen molar-refractivity contribution in [2.75, 3.05) is 5.32 Å². The van der Waals surface area contributed by atoms with Crippen molar-refractivity contribution in [3.05, 3.63) is 187 Å². The topological polar surface area (TPSA) is 30.1 Å². The number of aromatic nitrogens is 1. The molecular formula is C68H55BN2OS2. The van der Waals surface area contributed by atoms with Crippen LogP contribution in [0.5, 0.6) is 0 Å². The van der Waals surface area contributed by atoms with Crippen LogP contribution in [-0.2, 0) is 16.2 Å². The van der Waals surface area contributed by atoms with E-state index in [4.69, 9.17) is 4.42 Å². The molecule has 358 valence electrons. The first-order chi connectivity index (χ1) is 35.8. The van der Waals surface area contributed by atoms with Crippen molar-refractivity contribution < 1.29 is 4.42 Å². The highest BCUT2D eigenvalue weighted by Gasteiger charge is 2.38. The minimum Gasteiger partial charge on any atom is -0.455 e. The molecule has 0 amide bonds. The zero-order valence-corrected chi connectivity index (χ0v) is 44.6. The van der Waals surface area contributed by atoms with E-state index in [0.29, 0.717) is 0 Å². The molecule has 0 unspecified atom stereocenters. The highest BCUT2D eigenvalue weighted by Crippen LogP contribution is 2.51. The van der Waals surface area contributed by atoms with Gasteiger partial charge in [0.2, 0.25) is 0 Å². The quantitative estimate of drug-likeness (QED) is 0.174. The second-order valence-corrected chi connectivity index (χ2v) is 25.8. The molecule has 1 aliphatic carbocycles. The molecule has 6 heteroatoms. The number of nitrogens with one attached hydrogen (secondary N) is 1. The summed E-state index contributed by atoms with van der Waals surface area (Å²) in [6, 6.07) is 64.1. The molecule has 0 spiro atoms. The van der Waals surface area contributed by atoms with Crippen molar-refractivity contribution in [1.82, 2.24) is 4.57 Å². The Hall–Kier alpha value is -7.38. The summed E-state index contributed by atoms with van der Waals surface area (Å²) < 4.78 is 15.0. The third-order valence-electron chi connectivity index (χ3n) is 17.0. The van der Waals surface area contributed by atoms with Crippen LogP contribution in [0.3, 0.4) is 0 Å². The Morgan fingerprint density at radius 3 is 1.84 bits per heavy atom. The summed E-state index contributed by atoms with van der Waals surface area (Å²) in [5, 5.41) is 14.2.